The van der Waals surface area contributed by atoms with Crippen LogP contribution in [0.4, 0.5) is 5.82 Å². The maximum Gasteiger partial charge on any atom is 0.225 e. The Morgan fingerprint density at radius 1 is 1.45 bits per heavy atom. The zero-order valence-corrected chi connectivity index (χ0v) is 19.5. The lowest BCUT2D eigenvalue weighted by atomic mass is 10.0. The molecule has 0 bridgehead atoms. The number of anilines is 1. The predicted octanol–water partition coefficient (Wildman–Crippen LogP) is 2.97. The van der Waals surface area contributed by atoms with Crippen LogP contribution in [0.15, 0.2) is 41.9 Å². The maximum atomic E-state index is 12.5. The fourth-order valence-electron chi connectivity index (χ4n) is 4.07. The van der Waals surface area contributed by atoms with E-state index in [0.29, 0.717) is 61.2 Å². The first kappa shape index (κ1) is 24.2. The van der Waals surface area contributed by atoms with E-state index in [4.69, 9.17) is 15.5 Å². The summed E-state index contributed by atoms with van der Waals surface area (Å²) in [6, 6.07) is 4.17. The molecular weight excluding hydrogens is 416 g/mol. The molecular formula is C25H32N6O2. The van der Waals surface area contributed by atoms with E-state index in [-0.39, 0.29) is 11.9 Å². The summed E-state index contributed by atoms with van der Waals surface area (Å²) in [5.74, 6) is 1.08. The number of piperazine rings is 1. The molecule has 2 fully saturated rings. The fraction of sp³-hybridized carbons (Fsp3) is 0.440. The number of hydrogen-bond acceptors (Lipinski definition) is 6. The van der Waals surface area contributed by atoms with Crippen LogP contribution in [-0.2, 0) is 9.53 Å². The van der Waals surface area contributed by atoms with Gasteiger partial charge in [-0.1, -0.05) is 19.2 Å². The zero-order valence-electron chi connectivity index (χ0n) is 19.5. The number of pyridine rings is 1. The molecule has 1 saturated carbocycles. The third-order valence-electron chi connectivity index (χ3n) is 5.96. The second kappa shape index (κ2) is 10.9. The Bertz CT molecular complexity index is 1020. The fourth-order valence-corrected chi connectivity index (χ4v) is 4.07. The number of methoxy groups -OCH3 is 1. The van der Waals surface area contributed by atoms with E-state index in [1.54, 1.807) is 19.3 Å². The van der Waals surface area contributed by atoms with Crippen LogP contribution in [0.3, 0.4) is 0 Å². The average Bonchev–Trinajstić information content (AvgIpc) is 3.66. The van der Waals surface area contributed by atoms with Crippen molar-refractivity contribution in [3.8, 4) is 6.07 Å². The van der Waals surface area contributed by atoms with Gasteiger partial charge in [0.1, 0.15) is 11.9 Å². The van der Waals surface area contributed by atoms with Crippen molar-refractivity contribution in [3.63, 3.8) is 0 Å². The van der Waals surface area contributed by atoms with Gasteiger partial charge in [-0.2, -0.15) is 5.26 Å². The highest BCUT2D eigenvalue weighted by molar-refractivity contribution is 5.79. The van der Waals surface area contributed by atoms with Gasteiger partial charge in [0.05, 0.1) is 36.3 Å². The third-order valence-corrected chi connectivity index (χ3v) is 5.96. The average molecular weight is 449 g/mol. The molecule has 2 heterocycles. The van der Waals surface area contributed by atoms with Crippen LogP contribution in [0.5, 0.6) is 0 Å². The molecule has 8 heteroatoms. The van der Waals surface area contributed by atoms with Crippen molar-refractivity contribution < 1.29 is 9.53 Å². The first-order valence-corrected chi connectivity index (χ1v) is 11.2. The number of carbonyl (C=O) groups excluding carboxylic acids is 1. The molecule has 1 aliphatic carbocycles. The first-order valence-electron chi connectivity index (χ1n) is 11.2. The van der Waals surface area contributed by atoms with Gasteiger partial charge in [-0.25, -0.2) is 9.98 Å². The molecule has 3 rings (SSSR count). The molecule has 0 unspecified atom stereocenters. The quantitative estimate of drug-likeness (QED) is 0.353. The number of aromatic nitrogens is 1. The van der Waals surface area contributed by atoms with Crippen LogP contribution >= 0.6 is 0 Å². The van der Waals surface area contributed by atoms with Crippen molar-refractivity contribution >= 4 is 23.8 Å². The van der Waals surface area contributed by atoms with Crippen molar-refractivity contribution in [1.29, 1.82) is 5.26 Å². The SMILES string of the molecule is C=CC(=C)/C=C(\N=CN)c1cc(C#N)c(N2CCN(C(=O)CCOC)[C@H](C)C2)nc1C1CC1. The smallest absolute Gasteiger partial charge is 0.225 e. The highest BCUT2D eigenvalue weighted by atomic mass is 16.5. The van der Waals surface area contributed by atoms with Gasteiger partial charge in [-0.15, -0.1) is 0 Å². The van der Waals surface area contributed by atoms with Crippen LogP contribution in [-0.4, -0.2) is 61.5 Å². The largest absolute Gasteiger partial charge is 0.390 e. The van der Waals surface area contributed by atoms with Gasteiger partial charge in [0.25, 0.3) is 0 Å². The van der Waals surface area contributed by atoms with E-state index in [1.807, 2.05) is 17.9 Å². The number of nitriles is 1. The van der Waals surface area contributed by atoms with Gasteiger partial charge < -0.3 is 20.3 Å². The summed E-state index contributed by atoms with van der Waals surface area (Å²) in [5, 5.41) is 9.95. The van der Waals surface area contributed by atoms with Crippen molar-refractivity contribution in [1.82, 2.24) is 9.88 Å². The van der Waals surface area contributed by atoms with E-state index in [2.05, 4.69) is 29.1 Å². The number of nitrogens with zero attached hydrogens (tertiary/aromatic N) is 5. The number of carbonyl (C=O) groups is 1. The molecule has 1 aromatic heterocycles. The monoisotopic (exact) mass is 448 g/mol. The molecule has 0 aromatic carbocycles. The number of ether oxygens (including phenoxy) is 1. The van der Waals surface area contributed by atoms with Crippen molar-refractivity contribution in [2.45, 2.75) is 38.1 Å². The Morgan fingerprint density at radius 2 is 2.21 bits per heavy atom. The lowest BCUT2D eigenvalue weighted by Crippen LogP contribution is -2.54. The number of rotatable bonds is 9. The number of amides is 1. The van der Waals surface area contributed by atoms with Crippen LogP contribution in [0.25, 0.3) is 5.70 Å². The Hall–Kier alpha value is -3.44. The minimum absolute atomic E-state index is 0.00807. The summed E-state index contributed by atoms with van der Waals surface area (Å²) < 4.78 is 5.04. The molecule has 1 saturated heterocycles. The van der Waals surface area contributed by atoms with Gasteiger partial charge >= 0.3 is 0 Å². The summed E-state index contributed by atoms with van der Waals surface area (Å²) in [4.78, 5) is 25.8. The summed E-state index contributed by atoms with van der Waals surface area (Å²) in [5.41, 5.74) is 9.11. The van der Waals surface area contributed by atoms with Crippen LogP contribution in [0.2, 0.25) is 0 Å². The summed E-state index contributed by atoms with van der Waals surface area (Å²) in [6.07, 6.45) is 7.14. The van der Waals surface area contributed by atoms with Crippen LogP contribution < -0.4 is 10.6 Å². The number of hydrogen-bond donors (Lipinski definition) is 1. The number of nitrogens with two attached hydrogens (primary N) is 1. The minimum Gasteiger partial charge on any atom is -0.390 e. The van der Waals surface area contributed by atoms with E-state index in [9.17, 15) is 10.1 Å². The van der Waals surface area contributed by atoms with Crippen molar-refractivity contribution in [2.75, 3.05) is 38.3 Å². The second-order valence-corrected chi connectivity index (χ2v) is 8.39. The molecule has 0 spiro atoms. The lowest BCUT2D eigenvalue weighted by molar-refractivity contribution is -0.134. The van der Waals surface area contributed by atoms with Crippen LogP contribution in [0, 0.1) is 11.3 Å². The molecule has 1 aliphatic heterocycles. The van der Waals surface area contributed by atoms with E-state index in [0.717, 1.165) is 24.1 Å². The van der Waals surface area contributed by atoms with E-state index < -0.39 is 0 Å². The van der Waals surface area contributed by atoms with Crippen molar-refractivity contribution in [3.05, 3.63) is 53.8 Å². The molecule has 2 aliphatic rings. The molecule has 2 N–H and O–H groups in total. The van der Waals surface area contributed by atoms with Crippen molar-refractivity contribution in [2.24, 2.45) is 10.7 Å². The standard InChI is InChI=1S/C25H32N6O2/c1-5-17(2)12-22(28-16-27)21-13-20(14-26)25(29-24(21)19-6-7-19)30-9-10-31(18(3)15-30)23(32)8-11-33-4/h5,12-13,16,18-19H,1-2,6-11,15H2,3-4H3,(H2,27,28)/b22-12-/t18-/m1/s1. The van der Waals surface area contributed by atoms with Gasteiger partial charge in [-0.3, -0.25) is 4.79 Å². The second-order valence-electron chi connectivity index (χ2n) is 8.39. The van der Waals surface area contributed by atoms with E-state index in [1.165, 1.54) is 6.34 Å². The highest BCUT2D eigenvalue weighted by Gasteiger charge is 2.33. The summed E-state index contributed by atoms with van der Waals surface area (Å²) in [6.45, 7) is 12.0. The number of aliphatic imine (C=N–C) groups is 1. The van der Waals surface area contributed by atoms with Crippen LogP contribution in [0.1, 0.15) is 48.9 Å². The molecule has 0 radical (unpaired) electrons. The minimum atomic E-state index is 0.00807. The normalized spacial score (nSPS) is 18.9. The molecule has 8 nitrogen and oxygen atoms in total. The van der Waals surface area contributed by atoms with Gasteiger partial charge in [0, 0.05) is 44.3 Å². The third kappa shape index (κ3) is 5.68. The number of allylic oxidation sites excluding steroid dienone is 3. The molecule has 33 heavy (non-hydrogen) atoms. The molecule has 1 aromatic rings. The Kier molecular flexibility index (Phi) is 8.01. The molecule has 1 amide bonds. The van der Waals surface area contributed by atoms with Gasteiger partial charge in [-0.05, 0) is 37.5 Å². The predicted molar refractivity (Wildman–Crippen MR) is 131 cm³/mol. The Labute approximate surface area is 195 Å². The first-order chi connectivity index (χ1) is 15.9. The molecule has 174 valence electrons. The Morgan fingerprint density at radius 3 is 2.79 bits per heavy atom. The summed E-state index contributed by atoms with van der Waals surface area (Å²) >= 11 is 0. The maximum absolute atomic E-state index is 12.5. The van der Waals surface area contributed by atoms with Gasteiger partial charge in [0.15, 0.2) is 0 Å². The topological polar surface area (TPSA) is 108 Å². The molecule has 1 atom stereocenters. The zero-order chi connectivity index (χ0) is 24.0. The highest BCUT2D eigenvalue weighted by Crippen LogP contribution is 2.44. The van der Waals surface area contributed by atoms with Gasteiger partial charge in [0.2, 0.25) is 5.91 Å². The summed E-state index contributed by atoms with van der Waals surface area (Å²) in [7, 11) is 1.59. The lowest BCUT2D eigenvalue weighted by Gasteiger charge is -2.41. The van der Waals surface area contributed by atoms with E-state index >= 15 is 0 Å². The Balaban J connectivity index is 1.95.